The van der Waals surface area contributed by atoms with Gasteiger partial charge in [0.2, 0.25) is 0 Å². The number of hydrogen-bond acceptors (Lipinski definition) is 1. The molecule has 0 heterocycles. The predicted octanol–water partition coefficient (Wildman–Crippen LogP) is 4.30. The molecule has 0 aromatic heterocycles. The molecule has 3 aromatic rings. The molecule has 3 rings (SSSR count). The average Bonchev–Trinajstić information content (AvgIpc) is 2.74. The Labute approximate surface area is 164 Å². The molecule has 1 nitrogen and oxygen atoms in total. The molecule has 0 bridgehead atoms. The number of benzene rings is 3. The Bertz CT molecular complexity index is 903. The first-order valence-electron chi connectivity index (χ1n) is 8.91. The van der Waals surface area contributed by atoms with Crippen LogP contribution in [0.15, 0.2) is 91.5 Å². The normalized spacial score (nSPS) is 11.9. The molecule has 0 aliphatic rings. The highest BCUT2D eigenvalue weighted by Gasteiger charge is 2.47. The summed E-state index contributed by atoms with van der Waals surface area (Å²) < 4.78 is 52.2. The largest absolute Gasteiger partial charge is 0.497 e. The summed E-state index contributed by atoms with van der Waals surface area (Å²) in [7, 11) is -2.76. The van der Waals surface area contributed by atoms with E-state index < -0.39 is 20.8 Å². The fourth-order valence-electron chi connectivity index (χ4n) is 3.36. The number of hydrogen-bond donors (Lipinski definition) is 0. The van der Waals surface area contributed by atoms with Crippen LogP contribution in [0.3, 0.4) is 0 Å². The first-order valence-corrected chi connectivity index (χ1v) is 10.8. The van der Waals surface area contributed by atoms with Crippen LogP contribution in [-0.2, 0) is 5.92 Å². The lowest BCUT2D eigenvalue weighted by atomic mass is 10.1. The van der Waals surface area contributed by atoms with Crippen LogP contribution < -0.4 is 20.3 Å². The van der Waals surface area contributed by atoms with Gasteiger partial charge >= 0.3 is 8.41 Å². The highest BCUT2D eigenvalue weighted by Crippen LogP contribution is 2.34. The number of methoxy groups -OCH3 is 1. The van der Waals surface area contributed by atoms with Crippen molar-refractivity contribution in [3.05, 3.63) is 97.1 Å². The van der Waals surface area contributed by atoms with Crippen LogP contribution in [0.2, 0.25) is 0 Å². The fourth-order valence-corrected chi connectivity index (χ4v) is 6.56. The van der Waals surface area contributed by atoms with E-state index in [0.29, 0.717) is 10.4 Å². The van der Waals surface area contributed by atoms with Crippen molar-refractivity contribution in [1.29, 1.82) is 0 Å². The van der Waals surface area contributed by atoms with Gasteiger partial charge in [-0.25, -0.2) is 8.78 Å². The van der Waals surface area contributed by atoms with Crippen molar-refractivity contribution in [3.63, 3.8) is 0 Å². The fraction of sp³-hybridized carbons (Fsp3) is 0.130. The molecule has 0 unspecified atom stereocenters. The minimum Gasteiger partial charge on any atom is -0.497 e. The van der Waals surface area contributed by atoms with Crippen molar-refractivity contribution in [2.24, 2.45) is 0 Å². The average molecular weight is 399 g/mol. The van der Waals surface area contributed by atoms with Gasteiger partial charge in [0.25, 0.3) is 5.92 Å². The first-order chi connectivity index (χ1) is 13.4. The summed E-state index contributed by atoms with van der Waals surface area (Å²) >= 11 is 0. The molecule has 0 spiro atoms. The van der Waals surface area contributed by atoms with Crippen molar-refractivity contribution in [1.82, 2.24) is 0 Å². The molecule has 0 aliphatic carbocycles. The lowest BCUT2D eigenvalue weighted by molar-refractivity contribution is -0.0000739. The van der Waals surface area contributed by atoms with E-state index in [0.717, 1.165) is 6.08 Å². The van der Waals surface area contributed by atoms with Crippen LogP contribution >= 0.6 is 0 Å². The Morgan fingerprint density at radius 3 is 1.93 bits per heavy atom. The maximum Gasteiger partial charge on any atom is 0.339 e. The summed E-state index contributed by atoms with van der Waals surface area (Å²) in [6, 6.07) is 21.4. The molecular weight excluding hydrogens is 377 g/mol. The molecule has 0 saturated heterocycles. The minimum absolute atomic E-state index is 0.0255. The third kappa shape index (κ3) is 3.62. The Kier molecular flexibility index (Phi) is 5.75. The second kappa shape index (κ2) is 8.06. The molecule has 0 aliphatic heterocycles. The maximum absolute atomic E-state index is 17.0. The Balaban J connectivity index is 2.34. The van der Waals surface area contributed by atoms with Gasteiger partial charge < -0.3 is 4.74 Å². The summed E-state index contributed by atoms with van der Waals surface area (Å²) in [6.45, 7) is 3.43. The molecule has 0 atom stereocenters. The Morgan fingerprint density at radius 2 is 1.46 bits per heavy atom. The monoisotopic (exact) mass is 398 g/mol. The third-order valence-corrected chi connectivity index (χ3v) is 8.17. The van der Waals surface area contributed by atoms with Crippen molar-refractivity contribution in [2.75, 3.05) is 7.11 Å². The van der Waals surface area contributed by atoms with E-state index in [2.05, 4.69) is 6.58 Å². The molecule has 0 radical (unpaired) electrons. The lowest BCUT2D eigenvalue weighted by Crippen LogP contribution is -2.65. The van der Waals surface area contributed by atoms with E-state index in [1.807, 2.05) is 0 Å². The molecule has 0 saturated carbocycles. The zero-order chi connectivity index (χ0) is 20.2. The molecule has 0 amide bonds. The van der Waals surface area contributed by atoms with Crippen molar-refractivity contribution >= 4 is 24.0 Å². The van der Waals surface area contributed by atoms with Crippen LogP contribution in [0, 0.1) is 0 Å². The standard InChI is InChI=1S/C23H21F3OSi/c1-3-16-23(24,25)21-17-18(27-2)14-15-22(21)28(26,19-10-6-4-7-11-19)20-12-8-5-9-13-20/h3-15,17H,1,16H2,2H3. The van der Waals surface area contributed by atoms with Crippen molar-refractivity contribution < 1.29 is 17.6 Å². The van der Waals surface area contributed by atoms with Gasteiger partial charge in [-0.2, -0.15) is 0 Å². The highest BCUT2D eigenvalue weighted by atomic mass is 28.4. The Morgan fingerprint density at radius 1 is 0.929 bits per heavy atom. The third-order valence-electron chi connectivity index (χ3n) is 4.74. The van der Waals surface area contributed by atoms with Gasteiger partial charge in [0.05, 0.1) is 7.11 Å². The zero-order valence-electron chi connectivity index (χ0n) is 15.5. The predicted molar refractivity (Wildman–Crippen MR) is 110 cm³/mol. The summed E-state index contributed by atoms with van der Waals surface area (Å²) in [5, 5.41) is 0.863. The Hall–Kier alpha value is -2.79. The van der Waals surface area contributed by atoms with Gasteiger partial charge in [-0.05, 0) is 27.7 Å². The summed E-state index contributed by atoms with van der Waals surface area (Å²) in [6.07, 6.45) is 0.566. The zero-order valence-corrected chi connectivity index (χ0v) is 16.5. The van der Waals surface area contributed by atoms with Crippen LogP contribution in [-0.4, -0.2) is 15.5 Å². The molecular formula is C23H21F3OSi. The van der Waals surface area contributed by atoms with Crippen LogP contribution in [0.4, 0.5) is 12.9 Å². The maximum atomic E-state index is 17.0. The summed E-state index contributed by atoms with van der Waals surface area (Å²) in [4.78, 5) is 0. The summed E-state index contributed by atoms with van der Waals surface area (Å²) in [5.74, 6) is -3.00. The van der Waals surface area contributed by atoms with E-state index in [9.17, 15) is 0 Å². The van der Waals surface area contributed by atoms with Crippen LogP contribution in [0.1, 0.15) is 12.0 Å². The molecule has 144 valence electrons. The van der Waals surface area contributed by atoms with E-state index in [4.69, 9.17) is 4.74 Å². The van der Waals surface area contributed by atoms with Gasteiger partial charge in [-0.15, -0.1) is 6.58 Å². The van der Waals surface area contributed by atoms with E-state index in [1.165, 1.54) is 25.3 Å². The van der Waals surface area contributed by atoms with Gasteiger partial charge in [0, 0.05) is 12.0 Å². The number of halogens is 3. The first kappa shape index (κ1) is 20.0. The summed E-state index contributed by atoms with van der Waals surface area (Å²) in [5.41, 5.74) is -0.353. The van der Waals surface area contributed by atoms with Crippen LogP contribution in [0.25, 0.3) is 0 Å². The quantitative estimate of drug-likeness (QED) is 0.250. The van der Waals surface area contributed by atoms with E-state index in [-0.39, 0.29) is 16.5 Å². The van der Waals surface area contributed by atoms with Crippen molar-refractivity contribution in [2.45, 2.75) is 12.3 Å². The van der Waals surface area contributed by atoms with Gasteiger partial charge in [0.1, 0.15) is 5.75 Å². The molecule has 5 heteroatoms. The number of allylic oxidation sites excluding steroid dienone is 1. The second-order valence-electron chi connectivity index (χ2n) is 6.50. The minimum atomic E-state index is -4.17. The van der Waals surface area contributed by atoms with Gasteiger partial charge in [0.15, 0.2) is 0 Å². The van der Waals surface area contributed by atoms with E-state index in [1.54, 1.807) is 60.7 Å². The van der Waals surface area contributed by atoms with Gasteiger partial charge in [-0.3, -0.25) is 4.11 Å². The van der Waals surface area contributed by atoms with Gasteiger partial charge in [-0.1, -0.05) is 72.8 Å². The molecule has 3 aromatic carbocycles. The second-order valence-corrected chi connectivity index (χ2v) is 9.51. The molecule has 0 N–H and O–H groups in total. The number of alkyl halides is 2. The smallest absolute Gasteiger partial charge is 0.339 e. The van der Waals surface area contributed by atoms with Crippen LogP contribution in [0.5, 0.6) is 5.75 Å². The topological polar surface area (TPSA) is 9.23 Å². The number of rotatable bonds is 7. The lowest BCUT2D eigenvalue weighted by Gasteiger charge is -2.29. The highest BCUT2D eigenvalue weighted by molar-refractivity contribution is 7.06. The van der Waals surface area contributed by atoms with E-state index >= 15 is 12.9 Å². The number of ether oxygens (including phenoxy) is 1. The molecule has 0 fully saturated rings. The van der Waals surface area contributed by atoms with Crippen molar-refractivity contribution in [3.8, 4) is 5.75 Å². The molecule has 28 heavy (non-hydrogen) atoms. The SMILES string of the molecule is C=CCC(F)(F)c1cc(OC)ccc1[Si](F)(c1ccccc1)c1ccccc1.